The van der Waals surface area contributed by atoms with Crippen LogP contribution in [0.3, 0.4) is 0 Å². The Morgan fingerprint density at radius 3 is 2.56 bits per heavy atom. The van der Waals surface area contributed by atoms with Crippen molar-refractivity contribution in [3.8, 4) is 0 Å². The lowest BCUT2D eigenvalue weighted by Crippen LogP contribution is -2.33. The zero-order chi connectivity index (χ0) is 12.3. The second-order valence-electron chi connectivity index (χ2n) is 2.93. The maximum Gasteiger partial charge on any atom is 0.405 e. The number of nitrogens with one attached hydrogen (secondary N) is 1. The number of alkyl halides is 3. The summed E-state index contributed by atoms with van der Waals surface area (Å²) in [5, 5.41) is 2.01. The third-order valence-electron chi connectivity index (χ3n) is 1.63. The number of benzene rings is 1. The van der Waals surface area contributed by atoms with Crippen LogP contribution in [0.15, 0.2) is 22.7 Å². The Bertz CT molecular complexity index is 408. The Morgan fingerprint density at radius 2 is 2.06 bits per heavy atom. The quantitative estimate of drug-likeness (QED) is 0.890. The number of halogens is 5. The van der Waals surface area contributed by atoms with Gasteiger partial charge in [0.05, 0.1) is 5.02 Å². The van der Waals surface area contributed by atoms with E-state index in [-0.39, 0.29) is 10.6 Å². The van der Waals surface area contributed by atoms with E-state index < -0.39 is 18.6 Å². The zero-order valence-electron chi connectivity index (χ0n) is 7.74. The highest BCUT2D eigenvalue weighted by molar-refractivity contribution is 9.10. The molecule has 7 heteroatoms. The lowest BCUT2D eigenvalue weighted by Gasteiger charge is -2.08. The maximum atomic E-state index is 11.8. The molecular weight excluding hydrogens is 310 g/mol. The van der Waals surface area contributed by atoms with Crippen molar-refractivity contribution < 1.29 is 18.0 Å². The first-order chi connectivity index (χ1) is 7.29. The number of rotatable bonds is 2. The average molecular weight is 317 g/mol. The van der Waals surface area contributed by atoms with Crippen LogP contribution >= 0.6 is 27.5 Å². The largest absolute Gasteiger partial charge is 0.405 e. The molecule has 0 heterocycles. The Kier molecular flexibility index (Phi) is 4.21. The summed E-state index contributed by atoms with van der Waals surface area (Å²) in [7, 11) is 0. The third-order valence-corrected chi connectivity index (χ3v) is 2.86. The van der Waals surface area contributed by atoms with Crippen molar-refractivity contribution in [1.29, 1.82) is 0 Å². The van der Waals surface area contributed by atoms with Gasteiger partial charge in [-0.1, -0.05) is 11.6 Å². The summed E-state index contributed by atoms with van der Waals surface area (Å²) in [5.74, 6) is -0.813. The molecule has 2 nitrogen and oxygen atoms in total. The van der Waals surface area contributed by atoms with Gasteiger partial charge >= 0.3 is 6.18 Å². The molecule has 1 amide bonds. The second kappa shape index (κ2) is 5.05. The van der Waals surface area contributed by atoms with Gasteiger partial charge < -0.3 is 5.32 Å². The predicted molar refractivity (Wildman–Crippen MR) is 57.5 cm³/mol. The van der Waals surface area contributed by atoms with Crippen LogP contribution in [0.4, 0.5) is 13.2 Å². The van der Waals surface area contributed by atoms with Gasteiger partial charge in [-0.15, -0.1) is 0 Å². The van der Waals surface area contributed by atoms with Crippen LogP contribution < -0.4 is 5.32 Å². The molecule has 0 fully saturated rings. The highest BCUT2D eigenvalue weighted by Crippen LogP contribution is 2.23. The van der Waals surface area contributed by atoms with Crippen LogP contribution in [-0.2, 0) is 0 Å². The fraction of sp³-hybridized carbons (Fsp3) is 0.222. The molecule has 0 aromatic heterocycles. The highest BCUT2D eigenvalue weighted by Gasteiger charge is 2.27. The van der Waals surface area contributed by atoms with Gasteiger partial charge in [-0.25, -0.2) is 0 Å². The van der Waals surface area contributed by atoms with Crippen LogP contribution in [0.5, 0.6) is 0 Å². The molecule has 88 valence electrons. The summed E-state index contributed by atoms with van der Waals surface area (Å²) in [6, 6.07) is 4.16. The van der Waals surface area contributed by atoms with Crippen LogP contribution in [0.2, 0.25) is 5.02 Å². The van der Waals surface area contributed by atoms with Crippen LogP contribution in [0.25, 0.3) is 0 Å². The molecule has 0 aliphatic carbocycles. The zero-order valence-corrected chi connectivity index (χ0v) is 10.1. The molecule has 0 bridgehead atoms. The molecule has 0 saturated carbocycles. The summed E-state index contributed by atoms with van der Waals surface area (Å²) in [5.41, 5.74) is 0.0810. The maximum absolute atomic E-state index is 11.8. The molecule has 0 spiro atoms. The molecular formula is C9H6BrClF3NO. The van der Waals surface area contributed by atoms with Crippen LogP contribution in [0.1, 0.15) is 10.4 Å². The molecule has 0 saturated heterocycles. The molecule has 16 heavy (non-hydrogen) atoms. The summed E-state index contributed by atoms with van der Waals surface area (Å²) in [6.07, 6.45) is -4.42. The van der Waals surface area contributed by atoms with E-state index in [1.807, 2.05) is 0 Å². The van der Waals surface area contributed by atoms with Gasteiger partial charge in [0.2, 0.25) is 0 Å². The van der Waals surface area contributed by atoms with E-state index in [0.717, 1.165) is 0 Å². The van der Waals surface area contributed by atoms with E-state index in [2.05, 4.69) is 15.9 Å². The van der Waals surface area contributed by atoms with Crippen molar-refractivity contribution in [2.45, 2.75) is 6.18 Å². The molecule has 0 atom stereocenters. The van der Waals surface area contributed by atoms with Crippen molar-refractivity contribution in [2.24, 2.45) is 0 Å². The molecule has 1 rings (SSSR count). The normalized spacial score (nSPS) is 11.3. The Labute approximate surface area is 103 Å². The minimum Gasteiger partial charge on any atom is -0.343 e. The summed E-state index contributed by atoms with van der Waals surface area (Å²) in [6.45, 7) is -1.36. The molecule has 1 aromatic rings. The molecule has 0 aliphatic rings. The standard InChI is InChI=1S/C9H6BrClF3NO/c10-6-2-1-5(3-7(6)11)8(16)15-4-9(12,13)14/h1-3H,4H2,(H,15,16). The average Bonchev–Trinajstić information content (AvgIpc) is 2.17. The highest BCUT2D eigenvalue weighted by atomic mass is 79.9. The molecule has 1 N–H and O–H groups in total. The van der Waals surface area contributed by atoms with Gasteiger partial charge in [0, 0.05) is 10.0 Å². The lowest BCUT2D eigenvalue weighted by molar-refractivity contribution is -0.123. The first-order valence-corrected chi connectivity index (χ1v) is 5.27. The lowest BCUT2D eigenvalue weighted by atomic mass is 10.2. The van der Waals surface area contributed by atoms with E-state index in [9.17, 15) is 18.0 Å². The number of hydrogen-bond acceptors (Lipinski definition) is 1. The smallest absolute Gasteiger partial charge is 0.343 e. The summed E-state index contributed by atoms with van der Waals surface area (Å²) < 4.78 is 36.1. The van der Waals surface area contributed by atoms with E-state index in [1.165, 1.54) is 18.2 Å². The monoisotopic (exact) mass is 315 g/mol. The van der Waals surface area contributed by atoms with Gasteiger partial charge in [0.15, 0.2) is 0 Å². The second-order valence-corrected chi connectivity index (χ2v) is 4.19. The molecule has 0 aliphatic heterocycles. The third kappa shape index (κ3) is 4.02. The van der Waals surface area contributed by atoms with Crippen molar-refractivity contribution in [3.05, 3.63) is 33.3 Å². The van der Waals surface area contributed by atoms with Crippen LogP contribution in [-0.4, -0.2) is 18.6 Å². The fourth-order valence-electron chi connectivity index (χ4n) is 0.920. The summed E-state index contributed by atoms with van der Waals surface area (Å²) in [4.78, 5) is 11.3. The first-order valence-electron chi connectivity index (χ1n) is 4.09. The van der Waals surface area contributed by atoms with Gasteiger partial charge in [-0.05, 0) is 34.1 Å². The first kappa shape index (κ1) is 13.3. The van der Waals surface area contributed by atoms with Crippen molar-refractivity contribution >= 4 is 33.4 Å². The molecule has 1 aromatic carbocycles. The fourth-order valence-corrected chi connectivity index (χ4v) is 1.35. The van der Waals surface area contributed by atoms with Crippen molar-refractivity contribution in [3.63, 3.8) is 0 Å². The van der Waals surface area contributed by atoms with Crippen LogP contribution in [0, 0.1) is 0 Å². The SMILES string of the molecule is O=C(NCC(F)(F)F)c1ccc(Br)c(Cl)c1. The van der Waals surface area contributed by atoms with Crippen molar-refractivity contribution in [1.82, 2.24) is 5.32 Å². The number of carbonyl (C=O) groups is 1. The van der Waals surface area contributed by atoms with E-state index in [4.69, 9.17) is 11.6 Å². The Balaban J connectivity index is 2.70. The predicted octanol–water partition coefficient (Wildman–Crippen LogP) is 3.39. The Hall–Kier alpha value is -0.750. The van der Waals surface area contributed by atoms with Gasteiger partial charge in [0.1, 0.15) is 6.54 Å². The minimum atomic E-state index is -4.42. The Morgan fingerprint density at radius 1 is 1.44 bits per heavy atom. The van der Waals surface area contributed by atoms with E-state index in [0.29, 0.717) is 4.47 Å². The molecule has 0 radical (unpaired) electrons. The van der Waals surface area contributed by atoms with Crippen molar-refractivity contribution in [2.75, 3.05) is 6.54 Å². The van der Waals surface area contributed by atoms with Gasteiger partial charge in [0.25, 0.3) is 5.91 Å². The van der Waals surface area contributed by atoms with E-state index >= 15 is 0 Å². The van der Waals surface area contributed by atoms with Gasteiger partial charge in [-0.2, -0.15) is 13.2 Å². The van der Waals surface area contributed by atoms with E-state index in [1.54, 1.807) is 5.32 Å². The number of hydrogen-bond donors (Lipinski definition) is 1. The number of amides is 1. The molecule has 0 unspecified atom stereocenters. The topological polar surface area (TPSA) is 29.1 Å². The van der Waals surface area contributed by atoms with Gasteiger partial charge in [-0.3, -0.25) is 4.79 Å². The summed E-state index contributed by atoms with van der Waals surface area (Å²) >= 11 is 8.80. The minimum absolute atomic E-state index is 0.0810. The number of carbonyl (C=O) groups excluding carboxylic acids is 1.